The van der Waals surface area contributed by atoms with Crippen molar-refractivity contribution >= 4 is 0 Å². The Hall–Kier alpha value is -2.34. The molecule has 1 aromatic heterocycles. The van der Waals surface area contributed by atoms with Gasteiger partial charge in [-0.2, -0.15) is 5.26 Å². The van der Waals surface area contributed by atoms with Crippen LogP contribution in [0, 0.1) is 22.7 Å². The smallest absolute Gasteiger partial charge is 0.119 e. The Morgan fingerprint density at radius 3 is 2.00 bits per heavy atom. The van der Waals surface area contributed by atoms with Crippen molar-refractivity contribution in [3.8, 4) is 23.1 Å². The lowest BCUT2D eigenvalue weighted by atomic mass is 9.69. The van der Waals surface area contributed by atoms with Gasteiger partial charge in [-0.3, -0.25) is 4.98 Å². The average molecular weight is 531 g/mol. The maximum Gasteiger partial charge on any atom is 0.119 e. The molecule has 3 rings (SSSR count). The summed E-state index contributed by atoms with van der Waals surface area (Å²) in [6, 6.07) is 15.5. The van der Waals surface area contributed by atoms with Crippen molar-refractivity contribution in [1.82, 2.24) is 4.98 Å². The van der Waals surface area contributed by atoms with Crippen molar-refractivity contribution in [2.45, 2.75) is 136 Å². The first kappa shape index (κ1) is 31.2. The molecule has 3 nitrogen and oxygen atoms in total. The number of hydrogen-bond acceptors (Lipinski definition) is 3. The number of nitrogens with zero attached hydrogens (tertiary/aromatic N) is 2. The minimum atomic E-state index is -0.0836. The molecule has 214 valence electrons. The van der Waals surface area contributed by atoms with E-state index in [0.29, 0.717) is 5.92 Å². The highest BCUT2D eigenvalue weighted by molar-refractivity contribution is 5.60. The van der Waals surface area contributed by atoms with Crippen molar-refractivity contribution < 1.29 is 4.74 Å². The van der Waals surface area contributed by atoms with Gasteiger partial charge in [0.25, 0.3) is 0 Å². The summed E-state index contributed by atoms with van der Waals surface area (Å²) >= 11 is 0. The molecule has 0 radical (unpaired) electrons. The molecule has 1 aliphatic rings. The monoisotopic (exact) mass is 530 g/mol. The normalized spacial score (nSPS) is 19.1. The Kier molecular flexibility index (Phi) is 14.5. The molecule has 0 saturated heterocycles. The number of rotatable bonds is 19. The Labute approximate surface area is 239 Å². The lowest BCUT2D eigenvalue weighted by Gasteiger charge is -2.35. The summed E-state index contributed by atoms with van der Waals surface area (Å²) in [4.78, 5) is 4.73. The fraction of sp³-hybridized carbons (Fsp3) is 0.667. The van der Waals surface area contributed by atoms with Crippen molar-refractivity contribution in [2.75, 3.05) is 6.61 Å². The molecular formula is C36H54N2O. The highest BCUT2D eigenvalue weighted by Crippen LogP contribution is 2.42. The third-order valence-electron chi connectivity index (χ3n) is 8.84. The second-order valence-electron chi connectivity index (χ2n) is 12.1. The van der Waals surface area contributed by atoms with Gasteiger partial charge in [0.15, 0.2) is 0 Å². The first-order chi connectivity index (χ1) is 19.2. The first-order valence-electron chi connectivity index (χ1n) is 16.3. The van der Waals surface area contributed by atoms with Crippen LogP contribution >= 0.6 is 0 Å². The molecule has 0 aliphatic heterocycles. The van der Waals surface area contributed by atoms with Crippen LogP contribution in [0.3, 0.4) is 0 Å². The van der Waals surface area contributed by atoms with E-state index in [2.05, 4.69) is 56.3 Å². The second-order valence-corrected chi connectivity index (χ2v) is 12.1. The van der Waals surface area contributed by atoms with Crippen LogP contribution in [0.5, 0.6) is 5.75 Å². The van der Waals surface area contributed by atoms with Gasteiger partial charge in [-0.25, -0.2) is 0 Å². The van der Waals surface area contributed by atoms with Gasteiger partial charge in [-0.05, 0) is 86.8 Å². The van der Waals surface area contributed by atoms with Crippen LogP contribution in [0.4, 0.5) is 0 Å². The van der Waals surface area contributed by atoms with Gasteiger partial charge in [-0.1, -0.05) is 97.0 Å². The number of nitriles is 1. The van der Waals surface area contributed by atoms with Crippen molar-refractivity contribution in [2.24, 2.45) is 11.3 Å². The van der Waals surface area contributed by atoms with Gasteiger partial charge < -0.3 is 4.74 Å². The van der Waals surface area contributed by atoms with Crippen molar-refractivity contribution in [1.29, 1.82) is 5.26 Å². The zero-order valence-electron chi connectivity index (χ0n) is 25.1. The van der Waals surface area contributed by atoms with Crippen LogP contribution in [0.15, 0.2) is 42.6 Å². The van der Waals surface area contributed by atoms with E-state index >= 15 is 0 Å². The van der Waals surface area contributed by atoms with Crippen LogP contribution in [0.2, 0.25) is 0 Å². The Morgan fingerprint density at radius 1 is 0.795 bits per heavy atom. The summed E-state index contributed by atoms with van der Waals surface area (Å²) in [5, 5.41) is 9.91. The van der Waals surface area contributed by atoms with Gasteiger partial charge in [0.1, 0.15) is 5.75 Å². The molecule has 1 saturated carbocycles. The van der Waals surface area contributed by atoms with Crippen LogP contribution in [0.25, 0.3) is 11.3 Å². The number of aromatic nitrogens is 1. The molecule has 2 aromatic rings. The van der Waals surface area contributed by atoms with Gasteiger partial charge >= 0.3 is 0 Å². The summed E-state index contributed by atoms with van der Waals surface area (Å²) < 4.78 is 6.18. The molecule has 1 heterocycles. The molecule has 1 aliphatic carbocycles. The second kappa shape index (κ2) is 18.1. The molecule has 0 bridgehead atoms. The van der Waals surface area contributed by atoms with Gasteiger partial charge in [-0.15, -0.1) is 0 Å². The average Bonchev–Trinajstić information content (AvgIpc) is 2.99. The third-order valence-corrected chi connectivity index (χ3v) is 8.84. The molecule has 0 N–H and O–H groups in total. The lowest BCUT2D eigenvalue weighted by molar-refractivity contribution is 0.144. The third kappa shape index (κ3) is 11.4. The Bertz CT molecular complexity index is 936. The van der Waals surface area contributed by atoms with Crippen LogP contribution < -0.4 is 4.74 Å². The lowest BCUT2D eigenvalue weighted by Crippen LogP contribution is -2.28. The molecule has 3 heteroatoms. The number of aryl methyl sites for hydroxylation is 1. The Morgan fingerprint density at radius 2 is 1.41 bits per heavy atom. The minimum absolute atomic E-state index is 0.0836. The zero-order chi connectivity index (χ0) is 27.6. The van der Waals surface area contributed by atoms with E-state index in [4.69, 9.17) is 9.72 Å². The number of pyridine rings is 1. The number of hydrogen-bond donors (Lipinski definition) is 0. The van der Waals surface area contributed by atoms with E-state index in [9.17, 15) is 5.26 Å². The van der Waals surface area contributed by atoms with Gasteiger partial charge in [0, 0.05) is 11.8 Å². The molecule has 0 unspecified atom stereocenters. The summed E-state index contributed by atoms with van der Waals surface area (Å²) in [7, 11) is 0. The van der Waals surface area contributed by atoms with E-state index in [1.165, 1.54) is 89.0 Å². The summed E-state index contributed by atoms with van der Waals surface area (Å²) in [5.74, 6) is 1.49. The predicted molar refractivity (Wildman–Crippen MR) is 165 cm³/mol. The van der Waals surface area contributed by atoms with Crippen LogP contribution in [0.1, 0.15) is 135 Å². The molecular weight excluding hydrogens is 476 g/mol. The fourth-order valence-electron chi connectivity index (χ4n) is 6.02. The quantitative estimate of drug-likeness (QED) is 0.170. The van der Waals surface area contributed by atoms with E-state index in [1.54, 1.807) is 0 Å². The Balaban J connectivity index is 1.34. The number of ether oxygens (including phenoxy) is 1. The van der Waals surface area contributed by atoms with Crippen LogP contribution in [-0.4, -0.2) is 11.6 Å². The SMILES string of the molecule is CCCCCCCCCc1ccc(-c2ccc(OC[C@H]3CC[C@@](C#N)(CCCCCCCC)CC3)cc2)nc1. The topological polar surface area (TPSA) is 45.9 Å². The van der Waals surface area contributed by atoms with E-state index in [-0.39, 0.29) is 5.41 Å². The molecule has 0 amide bonds. The molecule has 1 fully saturated rings. The van der Waals surface area contributed by atoms with Crippen molar-refractivity contribution in [3.05, 3.63) is 48.2 Å². The highest BCUT2D eigenvalue weighted by atomic mass is 16.5. The maximum atomic E-state index is 9.91. The van der Waals surface area contributed by atoms with Crippen LogP contribution in [-0.2, 0) is 6.42 Å². The molecule has 1 aromatic carbocycles. The number of benzene rings is 1. The predicted octanol–water partition coefficient (Wildman–Crippen LogP) is 10.9. The first-order valence-corrected chi connectivity index (χ1v) is 16.3. The summed E-state index contributed by atoms with van der Waals surface area (Å²) in [6.07, 6.45) is 25.8. The standard InChI is InChI=1S/C36H54N2O/c1-3-5-7-9-11-12-14-16-31-17-22-35(38-28-31)33-18-20-34(21-19-33)39-29-32-23-26-36(30-37,27-24-32)25-15-13-10-8-6-4-2/h17-22,28,32H,3-16,23-27,29H2,1-2H3/t32-,36-. The van der Waals surface area contributed by atoms with Crippen molar-refractivity contribution in [3.63, 3.8) is 0 Å². The fourth-order valence-corrected chi connectivity index (χ4v) is 6.02. The molecule has 39 heavy (non-hydrogen) atoms. The van der Waals surface area contributed by atoms with E-state index in [1.807, 2.05) is 6.20 Å². The largest absolute Gasteiger partial charge is 0.493 e. The summed E-state index contributed by atoms with van der Waals surface area (Å²) in [6.45, 7) is 5.29. The molecule has 0 atom stereocenters. The number of unbranched alkanes of at least 4 members (excludes halogenated alkanes) is 11. The van der Waals surface area contributed by atoms with Gasteiger partial charge in [0.2, 0.25) is 0 Å². The maximum absolute atomic E-state index is 9.91. The van der Waals surface area contributed by atoms with E-state index in [0.717, 1.165) is 62.1 Å². The minimum Gasteiger partial charge on any atom is -0.493 e. The van der Waals surface area contributed by atoms with Gasteiger partial charge in [0.05, 0.1) is 23.8 Å². The van der Waals surface area contributed by atoms with E-state index < -0.39 is 0 Å². The summed E-state index contributed by atoms with van der Waals surface area (Å²) in [5.41, 5.74) is 3.41. The molecule has 0 spiro atoms. The zero-order valence-corrected chi connectivity index (χ0v) is 25.1. The highest BCUT2D eigenvalue weighted by Gasteiger charge is 2.35.